The van der Waals surface area contributed by atoms with Gasteiger partial charge in [0, 0.05) is 28.5 Å². The predicted octanol–water partition coefficient (Wildman–Crippen LogP) is 5.84. The molecular weight excluding hydrogens is 498 g/mol. The zero-order chi connectivity index (χ0) is 25.9. The summed E-state index contributed by atoms with van der Waals surface area (Å²) in [7, 11) is -1.21. The van der Waals surface area contributed by atoms with E-state index in [1.54, 1.807) is 43.3 Å². The lowest BCUT2D eigenvalue weighted by Crippen LogP contribution is -2.29. The molecule has 3 unspecified atom stereocenters. The maximum Gasteiger partial charge on any atom is 0.343 e. The highest BCUT2D eigenvalue weighted by atomic mass is 35.5. The molecule has 3 atom stereocenters. The van der Waals surface area contributed by atoms with Gasteiger partial charge in [0.1, 0.15) is 5.76 Å². The number of hydrogen-bond donors (Lipinski definition) is 1. The number of benzene rings is 2. The van der Waals surface area contributed by atoms with Crippen molar-refractivity contribution in [2.45, 2.75) is 43.3 Å². The Morgan fingerprint density at radius 2 is 1.81 bits per heavy atom. The fraction of sp³-hybridized carbons (Fsp3) is 0.286. The van der Waals surface area contributed by atoms with E-state index < -0.39 is 16.8 Å². The average Bonchev–Trinajstić information content (AvgIpc) is 2.90. The first-order valence-electron chi connectivity index (χ1n) is 11.7. The number of carbonyl (C=O) groups excluding carboxylic acids is 2. The highest BCUT2D eigenvalue weighted by Crippen LogP contribution is 2.35. The summed E-state index contributed by atoms with van der Waals surface area (Å²) >= 11 is 5.53. The van der Waals surface area contributed by atoms with E-state index in [1.807, 2.05) is 43.3 Å². The summed E-state index contributed by atoms with van der Waals surface area (Å²) in [6.45, 7) is 3.86. The molecule has 1 aliphatic rings. The summed E-state index contributed by atoms with van der Waals surface area (Å²) < 4.78 is 18.8. The van der Waals surface area contributed by atoms with Gasteiger partial charge in [-0.3, -0.25) is 19.3 Å². The Balaban J connectivity index is 1.84. The molecule has 0 saturated heterocycles. The molecule has 0 saturated carbocycles. The normalized spacial score (nSPS) is 18.2. The van der Waals surface area contributed by atoms with Crippen molar-refractivity contribution >= 4 is 34.2 Å². The number of hydrogen-bond acceptors (Lipinski definition) is 6. The summed E-state index contributed by atoms with van der Waals surface area (Å²) in [6.07, 6.45) is 4.44. The van der Waals surface area contributed by atoms with Crippen molar-refractivity contribution in [2.75, 3.05) is 6.61 Å². The third-order valence-corrected chi connectivity index (χ3v) is 7.58. The van der Waals surface area contributed by atoms with Gasteiger partial charge in [0.05, 0.1) is 34.2 Å². The van der Waals surface area contributed by atoms with Crippen molar-refractivity contribution in [1.29, 1.82) is 0 Å². The fourth-order valence-electron chi connectivity index (χ4n) is 4.06. The number of ether oxygens (including phenoxy) is 1. The van der Waals surface area contributed by atoms with Crippen LogP contribution in [0.25, 0.3) is 0 Å². The molecule has 190 valence electrons. The van der Waals surface area contributed by atoms with Gasteiger partial charge in [-0.2, -0.15) is 0 Å². The first kappa shape index (κ1) is 27.6. The number of nitrogens with one attached hydrogen (secondary N) is 1. The number of allylic oxidation sites excluding steroid dienone is 3. The van der Waals surface area contributed by atoms with Gasteiger partial charge < -0.3 is 4.74 Å². The van der Waals surface area contributed by atoms with E-state index in [-0.39, 0.29) is 41.3 Å². The number of carbonyl (C=O) groups is 2. The highest BCUT2D eigenvalue weighted by molar-refractivity contribution is 7.85. The molecule has 2 aromatic carbocycles. The number of Topliss-reactive ketones (excluding diaryl/α,β-unsaturated/α-hetero) is 1. The summed E-state index contributed by atoms with van der Waals surface area (Å²) in [5, 5.41) is -0.178. The van der Waals surface area contributed by atoms with E-state index in [0.717, 1.165) is 4.90 Å². The van der Waals surface area contributed by atoms with Crippen LogP contribution in [-0.2, 0) is 25.2 Å². The molecule has 0 radical (unpaired) electrons. The first-order chi connectivity index (χ1) is 17.4. The number of rotatable bonds is 11. The molecule has 0 amide bonds. The third kappa shape index (κ3) is 7.50. The highest BCUT2D eigenvalue weighted by Gasteiger charge is 2.34. The van der Waals surface area contributed by atoms with Crippen LogP contribution in [0.5, 0.6) is 0 Å². The van der Waals surface area contributed by atoms with Gasteiger partial charge in [-0.1, -0.05) is 61.0 Å². The van der Waals surface area contributed by atoms with Gasteiger partial charge in [-0.25, -0.2) is 4.79 Å². The van der Waals surface area contributed by atoms with Gasteiger partial charge in [0.2, 0.25) is 0 Å². The van der Waals surface area contributed by atoms with Crippen LogP contribution in [0.3, 0.4) is 0 Å². The number of esters is 1. The molecule has 3 rings (SSSR count). The Morgan fingerprint density at radius 1 is 1.14 bits per heavy atom. The van der Waals surface area contributed by atoms with Crippen LogP contribution in [0.1, 0.15) is 43.5 Å². The van der Waals surface area contributed by atoms with E-state index >= 15 is 0 Å². The molecule has 0 heterocycles. The van der Waals surface area contributed by atoms with Gasteiger partial charge in [0.15, 0.2) is 5.78 Å². The minimum Gasteiger partial charge on any atom is -0.427 e. The van der Waals surface area contributed by atoms with E-state index in [2.05, 4.69) is 5.48 Å². The van der Waals surface area contributed by atoms with E-state index in [0.29, 0.717) is 24.1 Å². The van der Waals surface area contributed by atoms with Crippen molar-refractivity contribution in [3.05, 3.63) is 101 Å². The summed E-state index contributed by atoms with van der Waals surface area (Å²) in [4.78, 5) is 32.4. The van der Waals surface area contributed by atoms with Crippen LogP contribution in [0, 0.1) is 5.92 Å². The van der Waals surface area contributed by atoms with Crippen LogP contribution in [-0.4, -0.2) is 27.8 Å². The number of hydroxylamine groups is 1. The number of halogens is 1. The molecule has 0 aromatic heterocycles. The standard InChI is InChI=1S/C28H30ClNO5S/c1-3-24(30-34-16-10-15-29)27-25(31)18-21(17-20(2)36(33)23-13-8-5-9-14-23)19-26(27)35-28(32)22-11-6-4-7-12-22/h3-15,20-21,30H,16-19H2,1-2H3. The van der Waals surface area contributed by atoms with Gasteiger partial charge in [0.25, 0.3) is 0 Å². The summed E-state index contributed by atoms with van der Waals surface area (Å²) in [5.41, 5.74) is 5.19. The molecule has 6 nitrogen and oxygen atoms in total. The SMILES string of the molecule is CC=C(NOCC=CCl)C1=C(OC(=O)c2ccccc2)CC(CC(C)S(=O)c2ccccc2)CC1=O. The largest absolute Gasteiger partial charge is 0.427 e. The minimum absolute atomic E-state index is 0.124. The molecule has 1 N–H and O–H groups in total. The van der Waals surface area contributed by atoms with Crippen molar-refractivity contribution in [2.24, 2.45) is 5.92 Å². The lowest BCUT2D eigenvalue weighted by molar-refractivity contribution is -0.117. The Morgan fingerprint density at radius 3 is 2.44 bits per heavy atom. The lowest BCUT2D eigenvalue weighted by atomic mass is 9.83. The molecule has 36 heavy (non-hydrogen) atoms. The molecule has 2 aromatic rings. The van der Waals surface area contributed by atoms with Crippen LogP contribution in [0.15, 0.2) is 100 Å². The average molecular weight is 528 g/mol. The Labute approximate surface area is 219 Å². The zero-order valence-electron chi connectivity index (χ0n) is 20.3. The van der Waals surface area contributed by atoms with E-state index in [9.17, 15) is 13.8 Å². The topological polar surface area (TPSA) is 81.7 Å². The molecule has 0 spiro atoms. The van der Waals surface area contributed by atoms with Crippen molar-refractivity contribution < 1.29 is 23.4 Å². The van der Waals surface area contributed by atoms with Crippen LogP contribution >= 0.6 is 11.6 Å². The van der Waals surface area contributed by atoms with Crippen molar-refractivity contribution in [1.82, 2.24) is 5.48 Å². The Hall–Kier alpha value is -3.00. The maximum atomic E-state index is 13.3. The van der Waals surface area contributed by atoms with Crippen LogP contribution in [0.2, 0.25) is 0 Å². The summed E-state index contributed by atoms with van der Waals surface area (Å²) in [5.74, 6) is -0.559. The van der Waals surface area contributed by atoms with Crippen LogP contribution < -0.4 is 5.48 Å². The second-order valence-corrected chi connectivity index (χ2v) is 10.5. The Bertz CT molecular complexity index is 1160. The van der Waals surface area contributed by atoms with Crippen LogP contribution in [0.4, 0.5) is 0 Å². The molecular formula is C28H30ClNO5S. The third-order valence-electron chi connectivity index (χ3n) is 5.75. The van der Waals surface area contributed by atoms with Crippen molar-refractivity contribution in [3.63, 3.8) is 0 Å². The quantitative estimate of drug-likeness (QED) is 0.224. The second kappa shape index (κ2) is 13.9. The zero-order valence-corrected chi connectivity index (χ0v) is 21.9. The fourth-order valence-corrected chi connectivity index (χ4v) is 5.47. The van der Waals surface area contributed by atoms with E-state index in [1.165, 1.54) is 5.54 Å². The molecule has 1 aliphatic carbocycles. The lowest BCUT2D eigenvalue weighted by Gasteiger charge is -2.28. The molecule has 0 aliphatic heterocycles. The minimum atomic E-state index is -1.21. The number of ketones is 1. The molecule has 0 fully saturated rings. The smallest absolute Gasteiger partial charge is 0.343 e. The second-order valence-electron chi connectivity index (χ2n) is 8.39. The molecule has 8 heteroatoms. The van der Waals surface area contributed by atoms with Gasteiger partial charge >= 0.3 is 5.97 Å². The first-order valence-corrected chi connectivity index (χ1v) is 13.4. The maximum absolute atomic E-state index is 13.3. The van der Waals surface area contributed by atoms with Gasteiger partial charge in [-0.05, 0) is 49.6 Å². The molecule has 0 bridgehead atoms. The van der Waals surface area contributed by atoms with Crippen molar-refractivity contribution in [3.8, 4) is 0 Å². The van der Waals surface area contributed by atoms with Gasteiger partial charge in [-0.15, -0.1) is 0 Å². The predicted molar refractivity (Wildman–Crippen MR) is 141 cm³/mol. The Kier molecular flexibility index (Phi) is 10.7. The van der Waals surface area contributed by atoms with E-state index in [4.69, 9.17) is 21.2 Å². The monoisotopic (exact) mass is 527 g/mol. The summed E-state index contributed by atoms with van der Waals surface area (Å²) in [6, 6.07) is 17.9.